The molecule has 1 aliphatic carbocycles. The van der Waals surface area contributed by atoms with E-state index in [1.807, 2.05) is 80.4 Å². The number of non-ortho nitro benzene ring substituents is 1. The molecular formula is C53H60N6O12. The Hall–Kier alpha value is -6.76. The molecule has 3 unspecified atom stereocenters. The molecule has 1 saturated carbocycles. The SMILES string of the molecule is CCC1(NC(=O)Oc2ccc([N+](=O)[O-])cc2)CC2=C[C@](C(=O)OC)(c3cc4c(cc3OC)N(C)C3[C@]45CCN4CC=C[C@@](CC)([C@@H](OC(C)=O)[C@]3(O)C(=O)OC)[C@H]45)c3[nH]c4ccccc4c3CCN(C2)C1. The third-order valence-corrected chi connectivity index (χ3v) is 16.8. The van der Waals surface area contributed by atoms with Gasteiger partial charge in [-0.1, -0.05) is 55.8 Å². The van der Waals surface area contributed by atoms with Gasteiger partial charge in [-0.05, 0) is 74.0 Å². The Morgan fingerprint density at radius 2 is 1.70 bits per heavy atom. The number of nitrogens with zero attached hydrogens (tertiary/aromatic N) is 4. The van der Waals surface area contributed by atoms with Gasteiger partial charge >= 0.3 is 24.0 Å². The Balaban J connectivity index is 1.20. The molecule has 18 heteroatoms. The molecule has 374 valence electrons. The summed E-state index contributed by atoms with van der Waals surface area (Å²) in [5.74, 6) is -1.68. The van der Waals surface area contributed by atoms with Crippen molar-refractivity contribution in [3.63, 3.8) is 0 Å². The van der Waals surface area contributed by atoms with Gasteiger partial charge in [0, 0.05) is 103 Å². The Labute approximate surface area is 411 Å². The van der Waals surface area contributed by atoms with Crippen molar-refractivity contribution in [2.24, 2.45) is 5.41 Å². The molecule has 1 spiro atoms. The number of rotatable bonds is 10. The molecule has 71 heavy (non-hydrogen) atoms. The second kappa shape index (κ2) is 17.2. The zero-order chi connectivity index (χ0) is 50.4. The summed E-state index contributed by atoms with van der Waals surface area (Å²) in [6.45, 7) is 7.90. The summed E-state index contributed by atoms with van der Waals surface area (Å²) in [4.78, 5) is 78.2. The highest BCUT2D eigenvalue weighted by Crippen LogP contribution is 2.68. The summed E-state index contributed by atoms with van der Waals surface area (Å²) in [5, 5.41) is 28.9. The van der Waals surface area contributed by atoms with Crippen molar-refractivity contribution in [3.05, 3.63) is 117 Å². The molecule has 18 nitrogen and oxygen atoms in total. The number of aliphatic hydroxyl groups is 1. The first kappa shape index (κ1) is 47.9. The van der Waals surface area contributed by atoms with Gasteiger partial charge in [0.25, 0.3) is 5.69 Å². The first-order chi connectivity index (χ1) is 34.0. The molecule has 3 fully saturated rings. The highest BCUT2D eigenvalue weighted by molar-refractivity contribution is 5.97. The smallest absolute Gasteiger partial charge is 0.413 e. The van der Waals surface area contributed by atoms with E-state index in [9.17, 15) is 29.6 Å². The van der Waals surface area contributed by atoms with Crippen molar-refractivity contribution >= 4 is 46.3 Å². The number of carbonyl (C=O) groups excluding carboxylic acids is 4. The molecule has 0 radical (unpaired) electrons. The lowest BCUT2D eigenvalue weighted by molar-refractivity contribution is -0.384. The number of aromatic nitrogens is 1. The number of esters is 3. The molecule has 1 amide bonds. The molecule has 6 aliphatic rings. The number of methoxy groups -OCH3 is 3. The van der Waals surface area contributed by atoms with Crippen LogP contribution in [0.25, 0.3) is 10.9 Å². The van der Waals surface area contributed by atoms with Gasteiger partial charge in [-0.25, -0.2) is 9.59 Å². The lowest BCUT2D eigenvalue weighted by Gasteiger charge is -2.63. The van der Waals surface area contributed by atoms with Gasteiger partial charge in [-0.15, -0.1) is 0 Å². The maximum absolute atomic E-state index is 15.7. The molecular weight excluding hydrogens is 913 g/mol. The van der Waals surface area contributed by atoms with Crippen LogP contribution in [0.2, 0.25) is 0 Å². The summed E-state index contributed by atoms with van der Waals surface area (Å²) in [6, 6.07) is 15.7. The maximum atomic E-state index is 15.7. The molecule has 10 rings (SSSR count). The quantitative estimate of drug-likeness (QED) is 0.0579. The highest BCUT2D eigenvalue weighted by Gasteiger charge is 2.80. The fourth-order valence-electron chi connectivity index (χ4n) is 14.1. The van der Waals surface area contributed by atoms with Crippen molar-refractivity contribution in [3.8, 4) is 11.5 Å². The average molecular weight is 973 g/mol. The Kier molecular flexibility index (Phi) is 11.6. The van der Waals surface area contributed by atoms with Crippen LogP contribution in [0.1, 0.15) is 68.8 Å². The van der Waals surface area contributed by atoms with Gasteiger partial charge in [0.15, 0.2) is 11.5 Å². The van der Waals surface area contributed by atoms with Gasteiger partial charge in [-0.3, -0.25) is 29.5 Å². The van der Waals surface area contributed by atoms with Crippen LogP contribution >= 0.6 is 0 Å². The van der Waals surface area contributed by atoms with Crippen LogP contribution in [0.4, 0.5) is 16.2 Å². The molecule has 5 aliphatic heterocycles. The van der Waals surface area contributed by atoms with Gasteiger partial charge in [0.1, 0.15) is 11.5 Å². The minimum absolute atomic E-state index is 0.135. The summed E-state index contributed by atoms with van der Waals surface area (Å²) >= 11 is 0. The van der Waals surface area contributed by atoms with E-state index in [-0.39, 0.29) is 17.5 Å². The number of H-pyrrole nitrogens is 1. The largest absolute Gasteiger partial charge is 0.496 e. The number of amides is 1. The monoisotopic (exact) mass is 972 g/mol. The number of benzene rings is 3. The summed E-state index contributed by atoms with van der Waals surface area (Å²) in [7, 11) is 5.96. The minimum Gasteiger partial charge on any atom is -0.496 e. The van der Waals surface area contributed by atoms with Crippen molar-refractivity contribution in [2.75, 3.05) is 66.0 Å². The minimum atomic E-state index is -2.38. The van der Waals surface area contributed by atoms with Gasteiger partial charge in [0.05, 0.1) is 37.8 Å². The van der Waals surface area contributed by atoms with Crippen LogP contribution in [0.5, 0.6) is 11.5 Å². The van der Waals surface area contributed by atoms with Crippen LogP contribution in [-0.4, -0.2) is 139 Å². The predicted molar refractivity (Wildman–Crippen MR) is 260 cm³/mol. The number of likely N-dealkylation sites (N-methyl/N-ethyl adjacent to an activating group) is 1. The first-order valence-corrected chi connectivity index (χ1v) is 24.2. The van der Waals surface area contributed by atoms with E-state index < -0.39 is 68.5 Å². The number of ether oxygens (including phenoxy) is 5. The number of para-hydroxylation sites is 1. The Morgan fingerprint density at radius 1 is 0.958 bits per heavy atom. The van der Waals surface area contributed by atoms with E-state index in [4.69, 9.17) is 23.7 Å². The van der Waals surface area contributed by atoms with E-state index in [2.05, 4.69) is 20.1 Å². The third kappa shape index (κ3) is 6.84. The van der Waals surface area contributed by atoms with Crippen molar-refractivity contribution < 1.29 is 52.9 Å². The molecule has 1 aromatic heterocycles. The van der Waals surface area contributed by atoms with Crippen LogP contribution in [-0.2, 0) is 45.8 Å². The summed E-state index contributed by atoms with van der Waals surface area (Å²) < 4.78 is 29.8. The summed E-state index contributed by atoms with van der Waals surface area (Å²) in [6.07, 6.45) is 6.16. The first-order valence-electron chi connectivity index (χ1n) is 24.2. The molecule has 2 saturated heterocycles. The normalized spacial score (nSPS) is 31.3. The van der Waals surface area contributed by atoms with Crippen LogP contribution in [0.3, 0.4) is 0 Å². The zero-order valence-corrected chi connectivity index (χ0v) is 41.0. The number of nitrogens with one attached hydrogen (secondary N) is 2. The number of hydrogen-bond donors (Lipinski definition) is 3. The van der Waals surface area contributed by atoms with Crippen LogP contribution in [0, 0.1) is 15.5 Å². The zero-order valence-electron chi connectivity index (χ0n) is 41.0. The van der Waals surface area contributed by atoms with E-state index in [1.54, 1.807) is 7.11 Å². The maximum Gasteiger partial charge on any atom is 0.413 e. The van der Waals surface area contributed by atoms with E-state index >= 15 is 4.79 Å². The number of anilines is 1. The lowest BCUT2D eigenvalue weighted by atomic mass is 9.47. The Morgan fingerprint density at radius 3 is 2.38 bits per heavy atom. The predicted octanol–water partition coefficient (Wildman–Crippen LogP) is 5.62. The Bertz CT molecular complexity index is 2940. The second-order valence-corrected chi connectivity index (χ2v) is 20.1. The number of nitro benzene ring substituents is 1. The standard InChI is InChI=1S/C53H60N6O12/c1-8-49(55-48(63)71-34-17-15-33(16-18-34)59(65)66)27-32-28-52(46(61)68-6,42-36(19-23-57(29-32)30-49)35-13-10-11-14-39(35)54-42)38-25-37-40(26-41(38)67-5)56(4)44-51(37)21-24-58-22-12-20-50(9-2,43(51)58)45(70-31(3)60)53(44,64)47(62)69-7/h10-18,20,25-26,28,43-45,54,64H,8-9,19,21-24,27,29-30H2,1-7H3,(H,55,63)/t43-,44?,45+,49?,50+,51+,52-,53-/m0/s1. The van der Waals surface area contributed by atoms with E-state index in [0.29, 0.717) is 87.5 Å². The fourth-order valence-corrected chi connectivity index (χ4v) is 14.1. The fraction of sp³-hybridized carbons (Fsp3) is 0.472. The highest BCUT2D eigenvalue weighted by atomic mass is 16.6. The molecule has 2 bridgehead atoms. The van der Waals surface area contributed by atoms with Gasteiger partial charge in [-0.2, -0.15) is 0 Å². The number of hydrogen-bond acceptors (Lipinski definition) is 15. The van der Waals surface area contributed by atoms with Gasteiger partial charge < -0.3 is 44.0 Å². The molecule has 6 heterocycles. The third-order valence-electron chi connectivity index (χ3n) is 16.8. The number of nitro groups is 1. The van der Waals surface area contributed by atoms with Gasteiger partial charge in [0.2, 0.25) is 5.60 Å². The number of piperidine rings is 1. The average Bonchev–Trinajstić information content (AvgIpc) is 4.03. The molecule has 3 N–H and O–H groups in total. The topological polar surface area (TPSA) is 215 Å². The van der Waals surface area contributed by atoms with Crippen molar-refractivity contribution in [1.82, 2.24) is 20.1 Å². The molecule has 9 atom stereocenters. The number of carbonyl (C=O) groups is 4. The van der Waals surface area contributed by atoms with E-state index in [0.717, 1.165) is 27.6 Å². The number of fused-ring (bicyclic) bond motifs is 6. The van der Waals surface area contributed by atoms with Crippen molar-refractivity contribution in [2.45, 2.75) is 93.0 Å². The summed E-state index contributed by atoms with van der Waals surface area (Å²) in [5.41, 5.74) is -2.12. The molecule has 3 aromatic carbocycles. The lowest BCUT2D eigenvalue weighted by Crippen LogP contribution is -2.81. The number of aromatic amines is 1. The van der Waals surface area contributed by atoms with E-state index in [1.165, 1.54) is 45.4 Å². The van der Waals surface area contributed by atoms with Crippen LogP contribution < -0.4 is 19.7 Å². The van der Waals surface area contributed by atoms with Crippen LogP contribution in [0.15, 0.2) is 84.5 Å². The van der Waals surface area contributed by atoms with Crippen molar-refractivity contribution in [1.29, 1.82) is 0 Å². The second-order valence-electron chi connectivity index (χ2n) is 20.1. The molecule has 4 aromatic rings.